The van der Waals surface area contributed by atoms with Gasteiger partial charge in [-0.15, -0.1) is 0 Å². The first-order valence-corrected chi connectivity index (χ1v) is 6.87. The van der Waals surface area contributed by atoms with Crippen LogP contribution in [-0.4, -0.2) is 11.8 Å². The van der Waals surface area contributed by atoms with Crippen molar-refractivity contribution in [2.45, 2.75) is 12.8 Å². The number of benzene rings is 2. The Morgan fingerprint density at radius 1 is 1.10 bits per heavy atom. The van der Waals surface area contributed by atoms with Crippen molar-refractivity contribution in [1.29, 1.82) is 0 Å². The van der Waals surface area contributed by atoms with E-state index in [2.05, 4.69) is 5.32 Å². The van der Waals surface area contributed by atoms with E-state index in [1.54, 1.807) is 30.3 Å². The van der Waals surface area contributed by atoms with E-state index in [9.17, 15) is 9.59 Å². The number of primary amides is 1. The molecule has 0 aliphatic heterocycles. The third-order valence-corrected chi connectivity index (χ3v) is 3.38. The average molecular weight is 303 g/mol. The molecule has 0 saturated carbocycles. The fraction of sp³-hybridized carbons (Fsp3) is 0.125. The van der Waals surface area contributed by atoms with Gasteiger partial charge in [0.1, 0.15) is 0 Å². The molecule has 108 valence electrons. The lowest BCUT2D eigenvalue weighted by atomic mass is 10.1. The standard InChI is InChI=1S/C16H15ClN2O2/c17-14-7-2-1-4-11(14)8-9-15(20)19-13-6-3-5-12(10-13)16(18)21/h1-7,10H,8-9H2,(H2,18,21)(H,19,20). The second-order valence-electron chi connectivity index (χ2n) is 4.58. The molecule has 0 unspecified atom stereocenters. The van der Waals surface area contributed by atoms with Gasteiger partial charge in [-0.2, -0.15) is 0 Å². The van der Waals surface area contributed by atoms with Gasteiger partial charge in [0.15, 0.2) is 0 Å². The summed E-state index contributed by atoms with van der Waals surface area (Å²) in [6.07, 6.45) is 0.867. The van der Waals surface area contributed by atoms with Crippen molar-refractivity contribution in [3.63, 3.8) is 0 Å². The summed E-state index contributed by atoms with van der Waals surface area (Å²) >= 11 is 6.04. The maximum atomic E-state index is 11.9. The Balaban J connectivity index is 1.95. The third kappa shape index (κ3) is 4.33. The minimum atomic E-state index is -0.526. The molecule has 21 heavy (non-hydrogen) atoms. The average Bonchev–Trinajstić information content (AvgIpc) is 2.46. The van der Waals surface area contributed by atoms with E-state index < -0.39 is 5.91 Å². The molecule has 0 atom stereocenters. The van der Waals surface area contributed by atoms with E-state index in [0.717, 1.165) is 5.56 Å². The van der Waals surface area contributed by atoms with Gasteiger partial charge in [0, 0.05) is 22.7 Å². The zero-order chi connectivity index (χ0) is 15.2. The monoisotopic (exact) mass is 302 g/mol. The molecule has 5 heteroatoms. The molecule has 2 rings (SSSR count). The minimum Gasteiger partial charge on any atom is -0.366 e. The van der Waals surface area contributed by atoms with Gasteiger partial charge in [-0.1, -0.05) is 35.9 Å². The van der Waals surface area contributed by atoms with Crippen molar-refractivity contribution < 1.29 is 9.59 Å². The molecule has 0 bridgehead atoms. The van der Waals surface area contributed by atoms with Crippen molar-refractivity contribution >= 4 is 29.1 Å². The Morgan fingerprint density at radius 3 is 2.57 bits per heavy atom. The van der Waals surface area contributed by atoms with Gasteiger partial charge in [-0.05, 0) is 36.2 Å². The largest absolute Gasteiger partial charge is 0.366 e. The number of amides is 2. The number of nitrogens with one attached hydrogen (secondary N) is 1. The van der Waals surface area contributed by atoms with Crippen LogP contribution < -0.4 is 11.1 Å². The van der Waals surface area contributed by atoms with Crippen LogP contribution in [0, 0.1) is 0 Å². The fourth-order valence-electron chi connectivity index (χ4n) is 1.92. The normalized spacial score (nSPS) is 10.1. The zero-order valence-corrected chi connectivity index (χ0v) is 12.1. The first-order valence-electron chi connectivity index (χ1n) is 6.49. The predicted molar refractivity (Wildman–Crippen MR) is 83.4 cm³/mol. The van der Waals surface area contributed by atoms with E-state index in [4.69, 9.17) is 17.3 Å². The van der Waals surface area contributed by atoms with Crippen LogP contribution in [-0.2, 0) is 11.2 Å². The number of rotatable bonds is 5. The number of aryl methyl sites for hydroxylation is 1. The first-order chi connectivity index (χ1) is 10.1. The molecule has 0 heterocycles. The van der Waals surface area contributed by atoms with Crippen LogP contribution in [0.5, 0.6) is 0 Å². The van der Waals surface area contributed by atoms with Gasteiger partial charge in [-0.25, -0.2) is 0 Å². The second-order valence-corrected chi connectivity index (χ2v) is 4.99. The maximum Gasteiger partial charge on any atom is 0.248 e. The Bertz CT molecular complexity index is 671. The van der Waals surface area contributed by atoms with E-state index in [1.807, 2.05) is 18.2 Å². The van der Waals surface area contributed by atoms with Crippen LogP contribution in [0.3, 0.4) is 0 Å². The molecule has 4 nitrogen and oxygen atoms in total. The highest BCUT2D eigenvalue weighted by molar-refractivity contribution is 6.31. The number of anilines is 1. The molecule has 0 fully saturated rings. The van der Waals surface area contributed by atoms with Crippen molar-refractivity contribution in [1.82, 2.24) is 0 Å². The number of hydrogen-bond acceptors (Lipinski definition) is 2. The molecule has 0 radical (unpaired) electrons. The molecule has 0 spiro atoms. The lowest BCUT2D eigenvalue weighted by molar-refractivity contribution is -0.116. The highest BCUT2D eigenvalue weighted by Crippen LogP contribution is 2.17. The maximum absolute atomic E-state index is 11.9. The highest BCUT2D eigenvalue weighted by Gasteiger charge is 2.07. The third-order valence-electron chi connectivity index (χ3n) is 3.01. The van der Waals surface area contributed by atoms with E-state index in [1.165, 1.54) is 0 Å². The number of carbonyl (C=O) groups is 2. The summed E-state index contributed by atoms with van der Waals surface area (Å²) < 4.78 is 0. The second kappa shape index (κ2) is 6.90. The molecule has 0 saturated heterocycles. The lowest BCUT2D eigenvalue weighted by Crippen LogP contribution is -2.14. The number of halogens is 1. The van der Waals surface area contributed by atoms with Gasteiger partial charge in [0.2, 0.25) is 11.8 Å². The molecule has 0 aromatic heterocycles. The molecule has 2 aromatic rings. The van der Waals surface area contributed by atoms with E-state index in [-0.39, 0.29) is 5.91 Å². The van der Waals surface area contributed by atoms with Crippen LogP contribution in [0.1, 0.15) is 22.3 Å². The van der Waals surface area contributed by atoms with Crippen LogP contribution in [0.4, 0.5) is 5.69 Å². The van der Waals surface area contributed by atoms with Crippen molar-refractivity contribution in [3.8, 4) is 0 Å². The van der Waals surface area contributed by atoms with E-state index >= 15 is 0 Å². The zero-order valence-electron chi connectivity index (χ0n) is 11.3. The van der Waals surface area contributed by atoms with Gasteiger partial charge in [-0.3, -0.25) is 9.59 Å². The Labute approximate surface area is 127 Å². The minimum absolute atomic E-state index is 0.142. The summed E-state index contributed by atoms with van der Waals surface area (Å²) in [5.74, 6) is -0.668. The first kappa shape index (κ1) is 15.1. The number of nitrogens with two attached hydrogens (primary N) is 1. The molecular formula is C16H15ClN2O2. The fourth-order valence-corrected chi connectivity index (χ4v) is 2.15. The summed E-state index contributed by atoms with van der Waals surface area (Å²) in [4.78, 5) is 23.0. The number of hydrogen-bond donors (Lipinski definition) is 2. The quantitative estimate of drug-likeness (QED) is 0.891. The van der Waals surface area contributed by atoms with Crippen molar-refractivity contribution in [3.05, 3.63) is 64.7 Å². The van der Waals surface area contributed by atoms with Gasteiger partial charge in [0.25, 0.3) is 0 Å². The summed E-state index contributed by atoms with van der Waals surface area (Å²) in [5, 5.41) is 3.39. The predicted octanol–water partition coefficient (Wildman–Crippen LogP) is 3.01. The summed E-state index contributed by atoms with van der Waals surface area (Å²) in [7, 11) is 0. The Kier molecular flexibility index (Phi) is 4.95. The molecule has 2 amide bonds. The van der Waals surface area contributed by atoms with Crippen LogP contribution in [0.15, 0.2) is 48.5 Å². The van der Waals surface area contributed by atoms with Crippen LogP contribution >= 0.6 is 11.6 Å². The Morgan fingerprint density at radius 2 is 1.86 bits per heavy atom. The molecule has 0 aliphatic carbocycles. The van der Waals surface area contributed by atoms with Crippen molar-refractivity contribution in [2.75, 3.05) is 5.32 Å². The SMILES string of the molecule is NC(=O)c1cccc(NC(=O)CCc2ccccc2Cl)c1. The molecule has 2 aromatic carbocycles. The summed E-state index contributed by atoms with van der Waals surface area (Å²) in [5.41, 5.74) is 7.04. The van der Waals surface area contributed by atoms with E-state index in [0.29, 0.717) is 29.1 Å². The lowest BCUT2D eigenvalue weighted by Gasteiger charge is -2.07. The number of carbonyl (C=O) groups excluding carboxylic acids is 2. The Hall–Kier alpha value is -2.33. The van der Waals surface area contributed by atoms with Crippen LogP contribution in [0.2, 0.25) is 5.02 Å². The smallest absolute Gasteiger partial charge is 0.248 e. The topological polar surface area (TPSA) is 72.2 Å². The molecular weight excluding hydrogens is 288 g/mol. The van der Waals surface area contributed by atoms with Gasteiger partial charge in [0.05, 0.1) is 0 Å². The van der Waals surface area contributed by atoms with Crippen molar-refractivity contribution in [2.24, 2.45) is 5.73 Å². The molecule has 3 N–H and O–H groups in total. The summed E-state index contributed by atoms with van der Waals surface area (Å²) in [6, 6.07) is 14.0. The molecule has 0 aliphatic rings. The summed E-state index contributed by atoms with van der Waals surface area (Å²) in [6.45, 7) is 0. The highest BCUT2D eigenvalue weighted by atomic mass is 35.5. The van der Waals surface area contributed by atoms with Gasteiger partial charge >= 0.3 is 0 Å². The van der Waals surface area contributed by atoms with Gasteiger partial charge < -0.3 is 11.1 Å². The van der Waals surface area contributed by atoms with Crippen LogP contribution in [0.25, 0.3) is 0 Å².